The highest BCUT2D eigenvalue weighted by Crippen LogP contribution is 2.39. The summed E-state index contributed by atoms with van der Waals surface area (Å²) < 4.78 is 11.2. The van der Waals surface area contributed by atoms with Gasteiger partial charge in [0.2, 0.25) is 5.91 Å². The number of hydrogen-bond acceptors (Lipinski definition) is 8. The first-order valence-electron chi connectivity index (χ1n) is 13.4. The fraction of sp³-hybridized carbons (Fsp3) is 0.536. The lowest BCUT2D eigenvalue weighted by molar-refractivity contribution is -0.119. The maximum Gasteiger partial charge on any atom is 0.251 e. The summed E-state index contributed by atoms with van der Waals surface area (Å²) in [5, 5.41) is 6.54. The van der Waals surface area contributed by atoms with E-state index in [1.807, 2.05) is 19.1 Å². The number of ether oxygens (including phenoxy) is 2. The number of likely N-dealkylation sites (tertiary alicyclic amines) is 1. The molecule has 2 saturated heterocycles. The summed E-state index contributed by atoms with van der Waals surface area (Å²) in [6.45, 7) is 5.25. The standard InChI is InChI=1S/C28H38N6O4/c1-18-28(36)33(3)23-6-8-25(31-26(23)34(18)21-11-15-38-16-12-21)30-22-17-19(5-7-24(22)37-4)27(35)29-20-9-13-32(2)14-10-20/h5-8,17-18,20-21H,9-16H2,1-4H3,(H,29,35)(H,30,31)/t18-/m1/s1. The van der Waals surface area contributed by atoms with Crippen molar-refractivity contribution in [2.75, 3.05) is 62.6 Å². The summed E-state index contributed by atoms with van der Waals surface area (Å²) in [6.07, 6.45) is 3.59. The SMILES string of the molecule is COc1ccc(C(=O)NC2CCN(C)CC2)cc1Nc1ccc2c(n1)N(C1CCOCC1)[C@H](C)C(=O)N2C. The zero-order valence-electron chi connectivity index (χ0n) is 22.7. The third-order valence-corrected chi connectivity index (χ3v) is 7.93. The summed E-state index contributed by atoms with van der Waals surface area (Å²) in [5.74, 6) is 1.95. The summed E-state index contributed by atoms with van der Waals surface area (Å²) in [4.78, 5) is 37.1. The van der Waals surface area contributed by atoms with E-state index < -0.39 is 0 Å². The number of benzene rings is 1. The molecule has 5 rings (SSSR count). The zero-order chi connectivity index (χ0) is 26.8. The van der Waals surface area contributed by atoms with Crippen LogP contribution in [0.5, 0.6) is 5.75 Å². The molecule has 0 aliphatic carbocycles. The van der Waals surface area contributed by atoms with Crippen LogP contribution < -0.4 is 25.2 Å². The molecule has 2 amide bonds. The molecule has 0 radical (unpaired) electrons. The number of carbonyl (C=O) groups excluding carboxylic acids is 2. The van der Waals surface area contributed by atoms with Gasteiger partial charge >= 0.3 is 0 Å². The number of nitrogens with one attached hydrogen (secondary N) is 2. The van der Waals surface area contributed by atoms with Crippen LogP contribution in [0.4, 0.5) is 23.0 Å². The fourth-order valence-corrected chi connectivity index (χ4v) is 5.62. The van der Waals surface area contributed by atoms with Gasteiger partial charge in [0, 0.05) is 37.9 Å². The van der Waals surface area contributed by atoms with E-state index in [2.05, 4.69) is 27.5 Å². The molecule has 1 aromatic heterocycles. The molecule has 10 heteroatoms. The number of rotatable bonds is 6. The summed E-state index contributed by atoms with van der Waals surface area (Å²) >= 11 is 0. The van der Waals surface area contributed by atoms with Crippen LogP contribution in [0.2, 0.25) is 0 Å². The van der Waals surface area contributed by atoms with Crippen molar-refractivity contribution in [1.82, 2.24) is 15.2 Å². The van der Waals surface area contributed by atoms with Gasteiger partial charge in [-0.2, -0.15) is 0 Å². The number of amides is 2. The quantitative estimate of drug-likeness (QED) is 0.598. The lowest BCUT2D eigenvalue weighted by Crippen LogP contribution is -2.56. The van der Waals surface area contributed by atoms with Crippen molar-refractivity contribution in [2.45, 2.75) is 50.7 Å². The lowest BCUT2D eigenvalue weighted by atomic mass is 10.0. The maximum absolute atomic E-state index is 13.0. The van der Waals surface area contributed by atoms with Crippen LogP contribution in [0.3, 0.4) is 0 Å². The van der Waals surface area contributed by atoms with Crippen LogP contribution >= 0.6 is 0 Å². The predicted octanol–water partition coefficient (Wildman–Crippen LogP) is 3.01. The minimum Gasteiger partial charge on any atom is -0.495 e. The highest BCUT2D eigenvalue weighted by atomic mass is 16.5. The first-order chi connectivity index (χ1) is 18.4. The molecule has 0 spiro atoms. The molecule has 1 aromatic carbocycles. The predicted molar refractivity (Wildman–Crippen MR) is 148 cm³/mol. The van der Waals surface area contributed by atoms with Crippen LogP contribution in [0.15, 0.2) is 30.3 Å². The number of nitrogens with zero attached hydrogens (tertiary/aromatic N) is 4. The molecular weight excluding hydrogens is 484 g/mol. The first-order valence-corrected chi connectivity index (χ1v) is 13.4. The van der Waals surface area contributed by atoms with Gasteiger partial charge in [-0.25, -0.2) is 4.98 Å². The van der Waals surface area contributed by atoms with Crippen molar-refractivity contribution in [1.29, 1.82) is 0 Å². The van der Waals surface area contributed by atoms with E-state index in [4.69, 9.17) is 14.5 Å². The minimum absolute atomic E-state index is 0.0523. The molecule has 0 bridgehead atoms. The van der Waals surface area contributed by atoms with E-state index >= 15 is 0 Å². The molecule has 38 heavy (non-hydrogen) atoms. The van der Waals surface area contributed by atoms with E-state index in [1.165, 1.54) is 0 Å². The molecule has 1 atom stereocenters. The van der Waals surface area contributed by atoms with Gasteiger partial charge in [0.25, 0.3) is 5.91 Å². The Hall–Kier alpha value is -3.37. The summed E-state index contributed by atoms with van der Waals surface area (Å²) in [7, 11) is 5.50. The van der Waals surface area contributed by atoms with E-state index in [9.17, 15) is 9.59 Å². The van der Waals surface area contributed by atoms with Crippen molar-refractivity contribution >= 4 is 34.8 Å². The second kappa shape index (κ2) is 11.2. The number of likely N-dealkylation sites (N-methyl/N-ethyl adjacent to an activating group) is 1. The van der Waals surface area contributed by atoms with Gasteiger partial charge in [-0.05, 0) is 83.1 Å². The molecule has 2 fully saturated rings. The molecule has 3 aliphatic heterocycles. The third-order valence-electron chi connectivity index (χ3n) is 7.93. The molecule has 4 heterocycles. The average molecular weight is 523 g/mol. The van der Waals surface area contributed by atoms with Crippen molar-refractivity contribution in [3.8, 4) is 5.75 Å². The normalized spacial score (nSPS) is 21.3. The Kier molecular flexibility index (Phi) is 7.71. The van der Waals surface area contributed by atoms with Gasteiger partial charge in [-0.1, -0.05) is 0 Å². The van der Waals surface area contributed by atoms with Crippen LogP contribution in [0.1, 0.15) is 43.0 Å². The van der Waals surface area contributed by atoms with E-state index in [-0.39, 0.29) is 29.9 Å². The number of piperidine rings is 1. The number of pyridine rings is 1. The van der Waals surface area contributed by atoms with Gasteiger partial charge in [-0.3, -0.25) is 9.59 Å². The van der Waals surface area contributed by atoms with Gasteiger partial charge in [0.1, 0.15) is 17.6 Å². The Bertz CT molecular complexity index is 1180. The van der Waals surface area contributed by atoms with Crippen LogP contribution in [0, 0.1) is 0 Å². The number of aromatic nitrogens is 1. The van der Waals surface area contributed by atoms with Crippen molar-refractivity contribution < 1.29 is 19.1 Å². The zero-order valence-corrected chi connectivity index (χ0v) is 22.7. The molecule has 3 aliphatic rings. The Morgan fingerprint density at radius 2 is 1.82 bits per heavy atom. The Labute approximate surface area is 224 Å². The lowest BCUT2D eigenvalue weighted by Gasteiger charge is -2.44. The van der Waals surface area contributed by atoms with Crippen LogP contribution in [0.25, 0.3) is 0 Å². The third kappa shape index (κ3) is 5.28. The van der Waals surface area contributed by atoms with E-state index in [0.29, 0.717) is 36.0 Å². The molecule has 0 saturated carbocycles. The molecule has 10 nitrogen and oxygen atoms in total. The van der Waals surface area contributed by atoms with E-state index in [0.717, 1.165) is 50.3 Å². The van der Waals surface area contributed by atoms with Gasteiger partial charge in [0.15, 0.2) is 5.82 Å². The van der Waals surface area contributed by atoms with Crippen LogP contribution in [-0.2, 0) is 9.53 Å². The Balaban J connectivity index is 1.40. The molecular formula is C28H38N6O4. The summed E-state index contributed by atoms with van der Waals surface area (Å²) in [6, 6.07) is 9.20. The van der Waals surface area contributed by atoms with Crippen LogP contribution in [-0.4, -0.2) is 87.3 Å². The number of methoxy groups -OCH3 is 1. The van der Waals surface area contributed by atoms with E-state index in [1.54, 1.807) is 37.3 Å². The highest BCUT2D eigenvalue weighted by Gasteiger charge is 2.39. The topological polar surface area (TPSA) is 99.3 Å². The highest BCUT2D eigenvalue weighted by molar-refractivity contribution is 6.04. The minimum atomic E-state index is -0.320. The summed E-state index contributed by atoms with van der Waals surface area (Å²) in [5.41, 5.74) is 2.00. The number of anilines is 4. The van der Waals surface area contributed by atoms with Gasteiger partial charge in [0.05, 0.1) is 18.5 Å². The molecule has 204 valence electrons. The monoisotopic (exact) mass is 522 g/mol. The average Bonchev–Trinajstić information content (AvgIpc) is 2.93. The smallest absolute Gasteiger partial charge is 0.251 e. The fourth-order valence-electron chi connectivity index (χ4n) is 5.62. The Morgan fingerprint density at radius 1 is 1.08 bits per heavy atom. The van der Waals surface area contributed by atoms with Crippen molar-refractivity contribution in [3.05, 3.63) is 35.9 Å². The number of hydrogen-bond donors (Lipinski definition) is 2. The maximum atomic E-state index is 13.0. The number of fused-ring (bicyclic) bond motifs is 1. The second-order valence-corrected chi connectivity index (χ2v) is 10.5. The van der Waals surface area contributed by atoms with Gasteiger partial charge in [-0.15, -0.1) is 0 Å². The largest absolute Gasteiger partial charge is 0.495 e. The van der Waals surface area contributed by atoms with Crippen molar-refractivity contribution in [3.63, 3.8) is 0 Å². The van der Waals surface area contributed by atoms with Gasteiger partial charge < -0.3 is 34.8 Å². The Morgan fingerprint density at radius 3 is 2.53 bits per heavy atom. The molecule has 0 unspecified atom stereocenters. The molecule has 2 aromatic rings. The molecule has 2 N–H and O–H groups in total. The van der Waals surface area contributed by atoms with Crippen molar-refractivity contribution in [2.24, 2.45) is 0 Å². The first kappa shape index (κ1) is 26.2. The number of carbonyl (C=O) groups is 2. The second-order valence-electron chi connectivity index (χ2n) is 10.5.